The Labute approximate surface area is 157 Å². The van der Waals surface area contributed by atoms with E-state index in [4.69, 9.17) is 4.42 Å². The van der Waals surface area contributed by atoms with Gasteiger partial charge in [-0.25, -0.2) is 4.98 Å². The topological polar surface area (TPSA) is 85.8 Å². The van der Waals surface area contributed by atoms with Crippen LogP contribution in [0.2, 0.25) is 0 Å². The van der Waals surface area contributed by atoms with Gasteiger partial charge >= 0.3 is 0 Å². The molecule has 0 aliphatic carbocycles. The van der Waals surface area contributed by atoms with Gasteiger partial charge in [-0.3, -0.25) is 4.79 Å². The molecule has 0 bridgehead atoms. The number of fused-ring (bicyclic) bond motifs is 1. The molecule has 1 aliphatic rings. The first-order valence-electron chi connectivity index (χ1n) is 9.27. The Morgan fingerprint density at radius 2 is 2.15 bits per heavy atom. The fourth-order valence-electron chi connectivity index (χ4n) is 3.52. The molecule has 4 rings (SSSR count). The monoisotopic (exact) mass is 365 g/mol. The van der Waals surface area contributed by atoms with E-state index in [1.807, 2.05) is 31.2 Å². The van der Waals surface area contributed by atoms with Crippen LogP contribution in [-0.2, 0) is 13.0 Å². The van der Waals surface area contributed by atoms with Crippen LogP contribution >= 0.6 is 0 Å². The van der Waals surface area contributed by atoms with Crippen molar-refractivity contribution in [2.75, 3.05) is 0 Å². The average Bonchev–Trinajstić information content (AvgIpc) is 3.31. The lowest BCUT2D eigenvalue weighted by molar-refractivity contribution is 0.0926. The van der Waals surface area contributed by atoms with Gasteiger partial charge in [-0.15, -0.1) is 10.2 Å². The van der Waals surface area contributed by atoms with Gasteiger partial charge in [0, 0.05) is 24.9 Å². The number of aryl methyl sites for hydroxylation is 2. The maximum atomic E-state index is 12.8. The molecule has 0 radical (unpaired) electrons. The summed E-state index contributed by atoms with van der Waals surface area (Å²) in [6.07, 6.45) is 3.29. The molecule has 140 valence electrons. The van der Waals surface area contributed by atoms with E-state index >= 15 is 0 Å². The zero-order valence-corrected chi connectivity index (χ0v) is 15.8. The van der Waals surface area contributed by atoms with Crippen LogP contribution in [0.15, 0.2) is 34.9 Å². The molecule has 1 aliphatic heterocycles. The lowest BCUT2D eigenvalue weighted by Gasteiger charge is -2.26. The van der Waals surface area contributed by atoms with Gasteiger partial charge in [-0.2, -0.15) is 0 Å². The van der Waals surface area contributed by atoms with Crippen molar-refractivity contribution in [1.29, 1.82) is 0 Å². The standard InChI is InChI=1S/C20H23N5O2/c1-12(2)19-24-23-18-9-6-14(11-25(18)19)22-20(26)15-7-8-16(21-13(15)3)17-5-4-10-27-17/h4-5,7-8,10,12,14H,6,9,11H2,1-3H3,(H,22,26). The summed E-state index contributed by atoms with van der Waals surface area (Å²) in [6.45, 7) is 6.76. The molecule has 1 unspecified atom stereocenters. The van der Waals surface area contributed by atoms with E-state index in [1.165, 1.54) is 0 Å². The zero-order chi connectivity index (χ0) is 19.0. The summed E-state index contributed by atoms with van der Waals surface area (Å²) in [6, 6.07) is 7.36. The van der Waals surface area contributed by atoms with E-state index in [1.54, 1.807) is 6.26 Å². The molecule has 4 heterocycles. The number of carbonyl (C=O) groups excluding carboxylic acids is 1. The third-order valence-electron chi connectivity index (χ3n) is 4.93. The Morgan fingerprint density at radius 3 is 2.85 bits per heavy atom. The smallest absolute Gasteiger partial charge is 0.253 e. The fourth-order valence-corrected chi connectivity index (χ4v) is 3.52. The minimum atomic E-state index is -0.0985. The normalized spacial score (nSPS) is 16.4. The van der Waals surface area contributed by atoms with E-state index in [9.17, 15) is 4.79 Å². The molecule has 0 spiro atoms. The summed E-state index contributed by atoms with van der Waals surface area (Å²) < 4.78 is 7.52. The molecule has 0 aromatic carbocycles. The number of aromatic nitrogens is 4. The molecular formula is C20H23N5O2. The zero-order valence-electron chi connectivity index (χ0n) is 15.8. The summed E-state index contributed by atoms with van der Waals surface area (Å²) in [4.78, 5) is 17.3. The SMILES string of the molecule is Cc1nc(-c2ccco2)ccc1C(=O)NC1CCc2nnc(C(C)C)n2C1. The number of hydrogen-bond acceptors (Lipinski definition) is 5. The van der Waals surface area contributed by atoms with Gasteiger partial charge in [0.15, 0.2) is 5.76 Å². The highest BCUT2D eigenvalue weighted by atomic mass is 16.3. The van der Waals surface area contributed by atoms with Gasteiger partial charge < -0.3 is 14.3 Å². The first-order valence-corrected chi connectivity index (χ1v) is 9.27. The van der Waals surface area contributed by atoms with Crippen LogP contribution < -0.4 is 5.32 Å². The first kappa shape index (κ1) is 17.5. The van der Waals surface area contributed by atoms with Crippen molar-refractivity contribution in [2.45, 2.75) is 52.1 Å². The highest BCUT2D eigenvalue weighted by molar-refractivity contribution is 5.95. The third kappa shape index (κ3) is 3.37. The number of rotatable bonds is 4. The lowest BCUT2D eigenvalue weighted by atomic mass is 10.0. The number of carbonyl (C=O) groups is 1. The maximum Gasteiger partial charge on any atom is 0.253 e. The molecular weight excluding hydrogens is 342 g/mol. The van der Waals surface area contributed by atoms with Crippen molar-refractivity contribution >= 4 is 5.91 Å². The van der Waals surface area contributed by atoms with Gasteiger partial charge in [-0.05, 0) is 37.6 Å². The molecule has 3 aromatic rings. The average molecular weight is 365 g/mol. The van der Waals surface area contributed by atoms with Crippen molar-refractivity contribution in [2.24, 2.45) is 0 Å². The molecule has 3 aromatic heterocycles. The number of amides is 1. The highest BCUT2D eigenvalue weighted by Crippen LogP contribution is 2.22. The van der Waals surface area contributed by atoms with Gasteiger partial charge in [0.2, 0.25) is 0 Å². The number of hydrogen-bond donors (Lipinski definition) is 1. The Kier molecular flexibility index (Phi) is 4.51. The van der Waals surface area contributed by atoms with E-state index in [-0.39, 0.29) is 11.9 Å². The molecule has 1 amide bonds. The van der Waals surface area contributed by atoms with Crippen molar-refractivity contribution in [1.82, 2.24) is 25.1 Å². The minimum Gasteiger partial charge on any atom is -0.463 e. The van der Waals surface area contributed by atoms with E-state index < -0.39 is 0 Å². The number of furan rings is 1. The molecule has 1 atom stereocenters. The fraction of sp³-hybridized carbons (Fsp3) is 0.400. The van der Waals surface area contributed by atoms with Crippen LogP contribution in [0.5, 0.6) is 0 Å². The number of pyridine rings is 1. The molecule has 27 heavy (non-hydrogen) atoms. The second-order valence-electron chi connectivity index (χ2n) is 7.26. The van der Waals surface area contributed by atoms with Crippen LogP contribution in [0.25, 0.3) is 11.5 Å². The van der Waals surface area contributed by atoms with Gasteiger partial charge in [0.05, 0.1) is 17.5 Å². The predicted molar refractivity (Wildman–Crippen MR) is 100 cm³/mol. The van der Waals surface area contributed by atoms with Crippen LogP contribution in [0.3, 0.4) is 0 Å². The minimum absolute atomic E-state index is 0.0580. The quantitative estimate of drug-likeness (QED) is 0.768. The third-order valence-corrected chi connectivity index (χ3v) is 4.93. The summed E-state index contributed by atoms with van der Waals surface area (Å²) >= 11 is 0. The Morgan fingerprint density at radius 1 is 1.30 bits per heavy atom. The summed E-state index contributed by atoms with van der Waals surface area (Å²) in [5.74, 6) is 2.88. The lowest BCUT2D eigenvalue weighted by Crippen LogP contribution is -2.41. The van der Waals surface area contributed by atoms with E-state index in [2.05, 4.69) is 38.9 Å². The van der Waals surface area contributed by atoms with Crippen LogP contribution in [0.4, 0.5) is 0 Å². The first-order chi connectivity index (χ1) is 13.0. The Bertz CT molecular complexity index is 959. The predicted octanol–water partition coefficient (Wildman–Crippen LogP) is 3.11. The van der Waals surface area contributed by atoms with Gasteiger partial charge in [-0.1, -0.05) is 13.8 Å². The molecule has 1 N–H and O–H groups in total. The molecule has 7 heteroatoms. The summed E-state index contributed by atoms with van der Waals surface area (Å²) in [5.41, 5.74) is 2.00. The van der Waals surface area contributed by atoms with Crippen LogP contribution in [-0.4, -0.2) is 31.7 Å². The van der Waals surface area contributed by atoms with Crippen molar-refractivity contribution in [3.05, 3.63) is 53.4 Å². The van der Waals surface area contributed by atoms with Gasteiger partial charge in [0.1, 0.15) is 17.3 Å². The largest absolute Gasteiger partial charge is 0.463 e. The number of nitrogens with zero attached hydrogens (tertiary/aromatic N) is 4. The summed E-state index contributed by atoms with van der Waals surface area (Å²) in [7, 11) is 0. The molecule has 0 saturated carbocycles. The highest BCUT2D eigenvalue weighted by Gasteiger charge is 2.25. The molecule has 0 saturated heterocycles. The summed E-state index contributed by atoms with van der Waals surface area (Å²) in [5, 5.41) is 11.7. The Balaban J connectivity index is 1.49. The Hall–Kier alpha value is -2.96. The van der Waals surface area contributed by atoms with E-state index in [0.29, 0.717) is 29.5 Å². The molecule has 7 nitrogen and oxygen atoms in total. The maximum absolute atomic E-state index is 12.8. The van der Waals surface area contributed by atoms with Crippen molar-refractivity contribution < 1.29 is 9.21 Å². The van der Waals surface area contributed by atoms with Crippen LogP contribution in [0, 0.1) is 6.92 Å². The van der Waals surface area contributed by atoms with Gasteiger partial charge in [0.25, 0.3) is 5.91 Å². The second kappa shape index (κ2) is 6.98. The van der Waals surface area contributed by atoms with Crippen molar-refractivity contribution in [3.8, 4) is 11.5 Å². The number of nitrogens with one attached hydrogen (secondary N) is 1. The molecule has 0 fully saturated rings. The van der Waals surface area contributed by atoms with Crippen LogP contribution in [0.1, 0.15) is 53.9 Å². The van der Waals surface area contributed by atoms with Crippen molar-refractivity contribution in [3.63, 3.8) is 0 Å². The second-order valence-corrected chi connectivity index (χ2v) is 7.26. The van der Waals surface area contributed by atoms with E-state index in [0.717, 1.165) is 30.2 Å².